The van der Waals surface area contributed by atoms with Crippen LogP contribution in [-0.4, -0.2) is 5.16 Å². The average molecular weight is 252 g/mol. The number of halogens is 1. The highest BCUT2D eigenvalue weighted by atomic mass is 79.9. The van der Waals surface area contributed by atoms with Crippen LogP contribution >= 0.6 is 15.9 Å². The maximum atomic E-state index is 5.05. The van der Waals surface area contributed by atoms with Gasteiger partial charge in [0, 0.05) is 16.1 Å². The van der Waals surface area contributed by atoms with Crippen LogP contribution in [-0.2, 0) is 0 Å². The normalized spacial score (nSPS) is 10.5. The van der Waals surface area contributed by atoms with Crippen molar-refractivity contribution in [2.45, 2.75) is 13.8 Å². The summed E-state index contributed by atoms with van der Waals surface area (Å²) in [4.78, 5) is 0. The molecule has 0 spiro atoms. The van der Waals surface area contributed by atoms with Crippen LogP contribution in [0, 0.1) is 13.8 Å². The van der Waals surface area contributed by atoms with Crippen LogP contribution in [0.3, 0.4) is 0 Å². The van der Waals surface area contributed by atoms with Crippen molar-refractivity contribution in [3.63, 3.8) is 0 Å². The number of aromatic nitrogens is 1. The minimum absolute atomic E-state index is 0.833. The summed E-state index contributed by atoms with van der Waals surface area (Å²) in [5.41, 5.74) is 3.18. The predicted octanol–water partition coefficient (Wildman–Crippen LogP) is 3.72. The van der Waals surface area contributed by atoms with Crippen LogP contribution in [0.25, 0.3) is 11.3 Å². The predicted molar refractivity (Wildman–Crippen MR) is 59.1 cm³/mol. The Morgan fingerprint density at radius 1 is 1.29 bits per heavy atom. The van der Waals surface area contributed by atoms with Gasteiger partial charge in [0.05, 0.1) is 0 Å². The van der Waals surface area contributed by atoms with Gasteiger partial charge in [-0.1, -0.05) is 33.2 Å². The van der Waals surface area contributed by atoms with Crippen molar-refractivity contribution in [1.82, 2.24) is 5.16 Å². The fraction of sp³-hybridized carbons (Fsp3) is 0.182. The van der Waals surface area contributed by atoms with Crippen molar-refractivity contribution in [3.8, 4) is 11.3 Å². The summed E-state index contributed by atoms with van der Waals surface area (Å²) < 4.78 is 6.14. The summed E-state index contributed by atoms with van der Waals surface area (Å²) in [5.74, 6) is 0.833. The second-order valence-corrected chi connectivity index (χ2v) is 4.09. The summed E-state index contributed by atoms with van der Waals surface area (Å²) in [6.45, 7) is 3.95. The van der Waals surface area contributed by atoms with Gasteiger partial charge in [0.1, 0.15) is 11.5 Å². The molecule has 2 rings (SSSR count). The van der Waals surface area contributed by atoms with Gasteiger partial charge >= 0.3 is 0 Å². The molecule has 1 aromatic heterocycles. The van der Waals surface area contributed by atoms with Crippen molar-refractivity contribution in [1.29, 1.82) is 0 Å². The monoisotopic (exact) mass is 251 g/mol. The zero-order valence-corrected chi connectivity index (χ0v) is 9.63. The Bertz CT molecular complexity index is 462. The molecule has 3 heteroatoms. The third kappa shape index (κ3) is 1.60. The van der Waals surface area contributed by atoms with Crippen LogP contribution in [0.2, 0.25) is 0 Å². The first-order chi connectivity index (χ1) is 6.68. The van der Waals surface area contributed by atoms with Crippen molar-refractivity contribution in [2.75, 3.05) is 0 Å². The molecule has 0 amide bonds. The van der Waals surface area contributed by atoms with E-state index in [4.69, 9.17) is 4.52 Å². The van der Waals surface area contributed by atoms with Crippen molar-refractivity contribution >= 4 is 15.9 Å². The standard InChI is InChI=1S/C11H10BrNO/c1-7-6-11(13-14-7)9-4-3-5-10(12)8(9)2/h3-6H,1-2H3. The molecule has 2 aromatic rings. The Hall–Kier alpha value is -1.09. The lowest BCUT2D eigenvalue weighted by Crippen LogP contribution is -1.83. The molecule has 0 saturated carbocycles. The van der Waals surface area contributed by atoms with Crippen LogP contribution < -0.4 is 0 Å². The quantitative estimate of drug-likeness (QED) is 0.773. The fourth-order valence-corrected chi connectivity index (χ4v) is 1.74. The molecule has 1 aromatic carbocycles. The molecule has 0 bridgehead atoms. The molecule has 1 heterocycles. The van der Waals surface area contributed by atoms with Gasteiger partial charge in [0.15, 0.2) is 0 Å². The van der Waals surface area contributed by atoms with E-state index in [1.807, 2.05) is 31.2 Å². The molecule has 0 aliphatic rings. The van der Waals surface area contributed by atoms with E-state index in [2.05, 4.69) is 28.0 Å². The molecule has 0 atom stereocenters. The van der Waals surface area contributed by atoms with Crippen molar-refractivity contribution in [2.24, 2.45) is 0 Å². The zero-order valence-electron chi connectivity index (χ0n) is 8.04. The molecule has 0 N–H and O–H groups in total. The van der Waals surface area contributed by atoms with Gasteiger partial charge in [-0.05, 0) is 25.5 Å². The van der Waals surface area contributed by atoms with E-state index in [0.29, 0.717) is 0 Å². The molecule has 0 aliphatic heterocycles. The lowest BCUT2D eigenvalue weighted by Gasteiger charge is -2.02. The highest BCUT2D eigenvalue weighted by molar-refractivity contribution is 9.10. The Labute approximate surface area is 91.1 Å². The summed E-state index contributed by atoms with van der Waals surface area (Å²) >= 11 is 3.49. The van der Waals surface area contributed by atoms with E-state index in [0.717, 1.165) is 21.5 Å². The summed E-state index contributed by atoms with van der Waals surface area (Å²) in [6.07, 6.45) is 0. The summed E-state index contributed by atoms with van der Waals surface area (Å²) in [6, 6.07) is 7.99. The SMILES string of the molecule is Cc1cc(-c2cccc(Br)c2C)no1. The molecule has 14 heavy (non-hydrogen) atoms. The summed E-state index contributed by atoms with van der Waals surface area (Å²) in [5, 5.41) is 3.99. The third-order valence-corrected chi connectivity index (χ3v) is 3.03. The number of aryl methyl sites for hydroxylation is 1. The van der Waals surface area contributed by atoms with Gasteiger partial charge in [-0.25, -0.2) is 0 Å². The van der Waals surface area contributed by atoms with Crippen molar-refractivity contribution in [3.05, 3.63) is 40.1 Å². The zero-order chi connectivity index (χ0) is 10.1. The second-order valence-electron chi connectivity index (χ2n) is 3.24. The van der Waals surface area contributed by atoms with E-state index < -0.39 is 0 Å². The number of rotatable bonds is 1. The second kappa shape index (κ2) is 3.58. The van der Waals surface area contributed by atoms with Crippen LogP contribution in [0.4, 0.5) is 0 Å². The molecule has 72 valence electrons. The Morgan fingerprint density at radius 3 is 2.71 bits per heavy atom. The first-order valence-electron chi connectivity index (χ1n) is 4.37. The molecular weight excluding hydrogens is 242 g/mol. The minimum atomic E-state index is 0.833. The Balaban J connectivity index is 2.57. The van der Waals surface area contributed by atoms with E-state index >= 15 is 0 Å². The van der Waals surface area contributed by atoms with Crippen LogP contribution in [0.15, 0.2) is 33.3 Å². The van der Waals surface area contributed by atoms with E-state index in [1.165, 1.54) is 5.56 Å². The van der Waals surface area contributed by atoms with Crippen LogP contribution in [0.1, 0.15) is 11.3 Å². The Morgan fingerprint density at radius 2 is 2.07 bits per heavy atom. The van der Waals surface area contributed by atoms with Gasteiger partial charge in [0.25, 0.3) is 0 Å². The first kappa shape index (κ1) is 9.46. The molecular formula is C11H10BrNO. The van der Waals surface area contributed by atoms with E-state index in [-0.39, 0.29) is 0 Å². The number of hydrogen-bond acceptors (Lipinski definition) is 2. The molecule has 0 aliphatic carbocycles. The average Bonchev–Trinajstić information content (AvgIpc) is 2.57. The van der Waals surface area contributed by atoms with Crippen molar-refractivity contribution < 1.29 is 4.52 Å². The smallest absolute Gasteiger partial charge is 0.134 e. The van der Waals surface area contributed by atoms with E-state index in [9.17, 15) is 0 Å². The van der Waals surface area contributed by atoms with Gasteiger partial charge in [0.2, 0.25) is 0 Å². The highest BCUT2D eigenvalue weighted by Crippen LogP contribution is 2.27. The van der Waals surface area contributed by atoms with E-state index in [1.54, 1.807) is 0 Å². The lowest BCUT2D eigenvalue weighted by atomic mass is 10.1. The highest BCUT2D eigenvalue weighted by Gasteiger charge is 2.07. The first-order valence-corrected chi connectivity index (χ1v) is 5.16. The van der Waals surface area contributed by atoms with Crippen LogP contribution in [0.5, 0.6) is 0 Å². The number of hydrogen-bond donors (Lipinski definition) is 0. The molecule has 2 nitrogen and oxygen atoms in total. The maximum Gasteiger partial charge on any atom is 0.134 e. The number of nitrogens with zero attached hydrogens (tertiary/aromatic N) is 1. The fourth-order valence-electron chi connectivity index (χ4n) is 1.38. The maximum absolute atomic E-state index is 5.05. The van der Waals surface area contributed by atoms with Gasteiger partial charge in [-0.2, -0.15) is 0 Å². The molecule has 0 saturated heterocycles. The summed E-state index contributed by atoms with van der Waals surface area (Å²) in [7, 11) is 0. The molecule has 0 fully saturated rings. The lowest BCUT2D eigenvalue weighted by molar-refractivity contribution is 0.399. The Kier molecular flexibility index (Phi) is 2.42. The minimum Gasteiger partial charge on any atom is -0.361 e. The third-order valence-electron chi connectivity index (χ3n) is 2.17. The van der Waals surface area contributed by atoms with Gasteiger partial charge in [-0.15, -0.1) is 0 Å². The number of benzene rings is 1. The van der Waals surface area contributed by atoms with Gasteiger partial charge in [-0.3, -0.25) is 0 Å². The molecule has 0 unspecified atom stereocenters. The van der Waals surface area contributed by atoms with Gasteiger partial charge < -0.3 is 4.52 Å². The molecule has 0 radical (unpaired) electrons. The largest absolute Gasteiger partial charge is 0.361 e. The topological polar surface area (TPSA) is 26.0 Å².